The molecule has 7 heteroatoms. The van der Waals surface area contributed by atoms with E-state index in [-0.39, 0.29) is 5.56 Å². The SMILES string of the molecule is CN(Cc1nc2ccsc2c(=O)[nH]1)c1ccnc(Cc2ccccc2)n1. The number of thiophene rings is 1. The number of nitrogens with zero attached hydrogens (tertiary/aromatic N) is 4. The second-order valence-corrected chi connectivity index (χ2v) is 6.91. The van der Waals surface area contributed by atoms with Crippen molar-refractivity contribution in [2.75, 3.05) is 11.9 Å². The normalized spacial score (nSPS) is 11.0. The van der Waals surface area contributed by atoms with Gasteiger partial charge >= 0.3 is 0 Å². The van der Waals surface area contributed by atoms with Crippen LogP contribution in [0.3, 0.4) is 0 Å². The Kier molecular flexibility index (Phi) is 4.45. The molecular weight excluding hydrogens is 346 g/mol. The molecule has 0 aliphatic heterocycles. The van der Waals surface area contributed by atoms with Crippen LogP contribution in [0.1, 0.15) is 17.2 Å². The minimum atomic E-state index is -0.0964. The molecule has 0 amide bonds. The second kappa shape index (κ2) is 7.05. The van der Waals surface area contributed by atoms with Crippen LogP contribution in [0.4, 0.5) is 5.82 Å². The fraction of sp³-hybridized carbons (Fsp3) is 0.158. The highest BCUT2D eigenvalue weighted by atomic mass is 32.1. The monoisotopic (exact) mass is 363 g/mol. The molecule has 4 aromatic rings. The van der Waals surface area contributed by atoms with Crippen molar-refractivity contribution in [1.29, 1.82) is 0 Å². The zero-order chi connectivity index (χ0) is 17.9. The molecule has 4 rings (SSSR count). The van der Waals surface area contributed by atoms with Crippen LogP contribution in [0.5, 0.6) is 0 Å². The Morgan fingerprint density at radius 3 is 2.81 bits per heavy atom. The summed E-state index contributed by atoms with van der Waals surface area (Å²) in [5.41, 5.74) is 1.80. The summed E-state index contributed by atoms with van der Waals surface area (Å²) in [7, 11) is 1.92. The molecule has 3 heterocycles. The van der Waals surface area contributed by atoms with Gasteiger partial charge in [0.15, 0.2) is 0 Å². The van der Waals surface area contributed by atoms with Crippen LogP contribution < -0.4 is 10.5 Å². The van der Waals surface area contributed by atoms with E-state index in [0.29, 0.717) is 23.5 Å². The number of fused-ring (bicyclic) bond motifs is 1. The van der Waals surface area contributed by atoms with Gasteiger partial charge in [-0.3, -0.25) is 4.79 Å². The van der Waals surface area contributed by atoms with Crippen molar-refractivity contribution in [2.45, 2.75) is 13.0 Å². The first-order valence-corrected chi connectivity index (χ1v) is 9.10. The molecule has 26 heavy (non-hydrogen) atoms. The van der Waals surface area contributed by atoms with Crippen molar-refractivity contribution in [3.63, 3.8) is 0 Å². The molecule has 0 unspecified atom stereocenters. The molecule has 6 nitrogen and oxygen atoms in total. The Morgan fingerprint density at radius 2 is 1.96 bits per heavy atom. The Balaban J connectivity index is 1.54. The summed E-state index contributed by atoms with van der Waals surface area (Å²) in [6, 6.07) is 13.8. The van der Waals surface area contributed by atoms with E-state index in [1.807, 2.05) is 47.7 Å². The van der Waals surface area contributed by atoms with Crippen LogP contribution in [0.15, 0.2) is 58.8 Å². The maximum Gasteiger partial charge on any atom is 0.268 e. The lowest BCUT2D eigenvalue weighted by atomic mass is 10.1. The molecule has 130 valence electrons. The largest absolute Gasteiger partial charge is 0.352 e. The molecule has 0 spiro atoms. The number of H-pyrrole nitrogens is 1. The molecule has 0 aliphatic carbocycles. The fourth-order valence-corrected chi connectivity index (χ4v) is 3.49. The van der Waals surface area contributed by atoms with Crippen molar-refractivity contribution in [3.8, 4) is 0 Å². The lowest BCUT2D eigenvalue weighted by Gasteiger charge is -2.17. The van der Waals surface area contributed by atoms with Crippen molar-refractivity contribution < 1.29 is 0 Å². The van der Waals surface area contributed by atoms with Gasteiger partial charge in [0.05, 0.1) is 12.1 Å². The zero-order valence-electron chi connectivity index (χ0n) is 14.2. The standard InChI is InChI=1S/C19H17N5OS/c1-24(12-16-21-14-8-10-26-18(14)19(25)23-16)17-7-9-20-15(22-17)11-13-5-3-2-4-6-13/h2-10H,11-12H2,1H3,(H,21,23,25). The molecule has 0 aliphatic rings. The van der Waals surface area contributed by atoms with Crippen molar-refractivity contribution in [3.05, 3.63) is 81.6 Å². The summed E-state index contributed by atoms with van der Waals surface area (Å²) in [5.74, 6) is 2.17. The highest BCUT2D eigenvalue weighted by Crippen LogP contribution is 2.16. The fourth-order valence-electron chi connectivity index (χ4n) is 2.77. The minimum Gasteiger partial charge on any atom is -0.352 e. The van der Waals surface area contributed by atoms with E-state index in [4.69, 9.17) is 0 Å². The maximum absolute atomic E-state index is 12.1. The molecule has 3 aromatic heterocycles. The molecule has 1 aromatic carbocycles. The predicted molar refractivity (Wildman–Crippen MR) is 104 cm³/mol. The van der Waals surface area contributed by atoms with E-state index < -0.39 is 0 Å². The van der Waals surface area contributed by atoms with Crippen LogP contribution in [-0.2, 0) is 13.0 Å². The summed E-state index contributed by atoms with van der Waals surface area (Å²) in [6.45, 7) is 0.461. The molecule has 0 fully saturated rings. The lowest BCUT2D eigenvalue weighted by Crippen LogP contribution is -2.22. The van der Waals surface area contributed by atoms with Gasteiger partial charge in [-0.25, -0.2) is 15.0 Å². The molecule has 0 radical (unpaired) electrons. The summed E-state index contributed by atoms with van der Waals surface area (Å²) < 4.78 is 0.656. The van der Waals surface area contributed by atoms with Gasteiger partial charge in [0.1, 0.15) is 22.2 Å². The van der Waals surface area contributed by atoms with E-state index >= 15 is 0 Å². The van der Waals surface area contributed by atoms with Gasteiger partial charge in [-0.05, 0) is 23.1 Å². The number of rotatable bonds is 5. The average molecular weight is 363 g/mol. The quantitative estimate of drug-likeness (QED) is 0.590. The van der Waals surface area contributed by atoms with Crippen molar-refractivity contribution in [1.82, 2.24) is 19.9 Å². The van der Waals surface area contributed by atoms with Gasteiger partial charge in [0, 0.05) is 19.7 Å². The lowest BCUT2D eigenvalue weighted by molar-refractivity contribution is 0.814. The third-order valence-corrected chi connectivity index (χ3v) is 4.94. The Morgan fingerprint density at radius 1 is 1.12 bits per heavy atom. The predicted octanol–water partition coefficient (Wildman–Crippen LogP) is 3.00. The molecule has 1 N–H and O–H groups in total. The van der Waals surface area contributed by atoms with E-state index in [1.54, 1.807) is 6.20 Å². The molecule has 0 atom stereocenters. The van der Waals surface area contributed by atoms with Gasteiger partial charge in [-0.1, -0.05) is 30.3 Å². The van der Waals surface area contributed by atoms with E-state index in [9.17, 15) is 4.79 Å². The Hall–Kier alpha value is -3.06. The number of hydrogen-bond donors (Lipinski definition) is 1. The number of nitrogens with one attached hydrogen (secondary N) is 1. The summed E-state index contributed by atoms with van der Waals surface area (Å²) >= 11 is 1.40. The minimum absolute atomic E-state index is 0.0964. The Labute approximate surface area is 154 Å². The van der Waals surface area contributed by atoms with Crippen LogP contribution in [0, 0.1) is 0 Å². The molecular formula is C19H17N5OS. The average Bonchev–Trinajstić information content (AvgIpc) is 3.12. The summed E-state index contributed by atoms with van der Waals surface area (Å²) in [4.78, 5) is 30.4. The molecule has 0 bridgehead atoms. The van der Waals surface area contributed by atoms with Crippen LogP contribution in [-0.4, -0.2) is 27.0 Å². The van der Waals surface area contributed by atoms with E-state index in [0.717, 1.165) is 17.2 Å². The van der Waals surface area contributed by atoms with Gasteiger partial charge in [-0.2, -0.15) is 0 Å². The third-order valence-electron chi connectivity index (χ3n) is 4.04. The van der Waals surface area contributed by atoms with Crippen LogP contribution >= 0.6 is 11.3 Å². The van der Waals surface area contributed by atoms with Gasteiger partial charge < -0.3 is 9.88 Å². The highest BCUT2D eigenvalue weighted by Gasteiger charge is 2.10. The maximum atomic E-state index is 12.1. The van der Waals surface area contributed by atoms with Crippen LogP contribution in [0.2, 0.25) is 0 Å². The second-order valence-electron chi connectivity index (χ2n) is 6.00. The van der Waals surface area contributed by atoms with Gasteiger partial charge in [-0.15, -0.1) is 11.3 Å². The number of aromatic nitrogens is 4. The highest BCUT2D eigenvalue weighted by molar-refractivity contribution is 7.17. The van der Waals surface area contributed by atoms with Gasteiger partial charge in [0.25, 0.3) is 5.56 Å². The topological polar surface area (TPSA) is 74.8 Å². The van der Waals surface area contributed by atoms with E-state index in [2.05, 4.69) is 32.1 Å². The first kappa shape index (κ1) is 16.4. The third kappa shape index (κ3) is 3.48. The van der Waals surface area contributed by atoms with Crippen molar-refractivity contribution in [2.24, 2.45) is 0 Å². The van der Waals surface area contributed by atoms with Crippen LogP contribution in [0.25, 0.3) is 10.2 Å². The first-order valence-electron chi connectivity index (χ1n) is 8.22. The Bertz CT molecular complexity index is 1090. The van der Waals surface area contributed by atoms with Crippen molar-refractivity contribution >= 4 is 27.4 Å². The smallest absolute Gasteiger partial charge is 0.268 e. The summed E-state index contributed by atoms with van der Waals surface area (Å²) in [5, 5.41) is 1.88. The molecule has 0 saturated carbocycles. The van der Waals surface area contributed by atoms with Gasteiger partial charge in [0.2, 0.25) is 0 Å². The molecule has 0 saturated heterocycles. The number of aromatic amines is 1. The summed E-state index contributed by atoms with van der Waals surface area (Å²) in [6.07, 6.45) is 2.44. The first-order chi connectivity index (χ1) is 12.7. The number of hydrogen-bond acceptors (Lipinski definition) is 6. The number of anilines is 1. The number of benzene rings is 1. The zero-order valence-corrected chi connectivity index (χ0v) is 15.0. The van der Waals surface area contributed by atoms with E-state index in [1.165, 1.54) is 16.9 Å².